The Morgan fingerprint density at radius 1 is 0.960 bits per heavy atom. The molecule has 0 N–H and O–H groups in total. The number of carbonyl (C=O) groups excluding carboxylic acids is 2. The predicted molar refractivity (Wildman–Crippen MR) is 179 cm³/mol. The fourth-order valence-corrected chi connectivity index (χ4v) is 10.0. The molecule has 1 aromatic rings. The quantitative estimate of drug-likeness (QED) is 0.111. The topological polar surface area (TPSA) is 92.7 Å². The molecule has 0 saturated heterocycles. The van der Waals surface area contributed by atoms with Crippen molar-refractivity contribution in [2.24, 2.45) is 39.7 Å². The molecule has 1 heterocycles. The van der Waals surface area contributed by atoms with Crippen LogP contribution in [0.1, 0.15) is 97.1 Å². The summed E-state index contributed by atoms with van der Waals surface area (Å²) in [6.07, 6.45) is 8.13. The molecule has 4 aliphatic carbocycles. The van der Waals surface area contributed by atoms with Gasteiger partial charge in [0.15, 0.2) is 6.29 Å². The summed E-state index contributed by atoms with van der Waals surface area (Å²) in [4.78, 5) is 28.7. The summed E-state index contributed by atoms with van der Waals surface area (Å²) in [6.45, 7) is 9.70. The molecule has 0 aromatic heterocycles. The second-order valence-corrected chi connectivity index (χ2v) is 15.4. The van der Waals surface area contributed by atoms with Gasteiger partial charge >= 0.3 is 18.1 Å². The number of esters is 2. The summed E-state index contributed by atoms with van der Waals surface area (Å²) < 4.78 is 61.9. The molecular weight excluding hydrogens is 651 g/mol. The third-order valence-electron chi connectivity index (χ3n) is 12.5. The summed E-state index contributed by atoms with van der Waals surface area (Å²) in [5.41, 5.74) is 2.70. The number of hydrogen-bond acceptors (Lipinski definition) is 8. The lowest BCUT2D eigenvalue weighted by Crippen LogP contribution is -2.51. The summed E-state index contributed by atoms with van der Waals surface area (Å²) in [5.74, 6) is 1.26. The molecule has 11 heteroatoms. The van der Waals surface area contributed by atoms with Crippen LogP contribution in [-0.4, -0.2) is 48.9 Å². The van der Waals surface area contributed by atoms with Gasteiger partial charge in [-0.05, 0) is 117 Å². The van der Waals surface area contributed by atoms with Crippen LogP contribution in [0.4, 0.5) is 13.2 Å². The van der Waals surface area contributed by atoms with Crippen LogP contribution in [0.5, 0.6) is 0 Å². The predicted octanol–water partition coefficient (Wildman–Crippen LogP) is 8.34. The minimum atomic E-state index is -4.36. The third kappa shape index (κ3) is 7.54. The second-order valence-electron chi connectivity index (χ2n) is 15.4. The van der Waals surface area contributed by atoms with Crippen LogP contribution in [-0.2, 0) is 46.2 Å². The summed E-state index contributed by atoms with van der Waals surface area (Å²) in [6, 6.07) is 5.05. The highest BCUT2D eigenvalue weighted by Gasteiger charge is 2.59. The number of allylic oxidation sites excluding steroid dienone is 1. The van der Waals surface area contributed by atoms with Crippen LogP contribution < -0.4 is 0 Å². The molecule has 50 heavy (non-hydrogen) atoms. The van der Waals surface area contributed by atoms with E-state index in [1.807, 2.05) is 6.92 Å². The van der Waals surface area contributed by atoms with Gasteiger partial charge in [0.2, 0.25) is 0 Å². The van der Waals surface area contributed by atoms with Gasteiger partial charge < -0.3 is 23.8 Å². The van der Waals surface area contributed by atoms with Gasteiger partial charge in [-0.25, -0.2) is 0 Å². The number of nitrogens with zero attached hydrogens (tertiary/aromatic N) is 1. The number of hydrogen-bond donors (Lipinski definition) is 0. The maximum atomic E-state index is 12.9. The van der Waals surface area contributed by atoms with E-state index < -0.39 is 42.2 Å². The molecule has 1 aliphatic heterocycles. The standard InChI is InChI=1S/C39H50F3NO7/c1-23(43-47-21-26-6-8-27(9-7-26)39(40,41)42)31-12-13-32-30-11-10-28-20-29(16-18-37(28,4)33(30)17-19-38(31,32)5)49-36-15-14-34(48-25(3)45)35(50-36)22-46-24(2)44/h6-10,14-15,29-36H,11-13,16-22H2,1-5H3/b43-23+/t29?,30?,31-,32?,33?,34+,35-,36?,37+,38-/m1/s1. The molecule has 0 amide bonds. The maximum absolute atomic E-state index is 12.9. The van der Waals surface area contributed by atoms with E-state index in [1.165, 1.54) is 31.6 Å². The summed E-state index contributed by atoms with van der Waals surface area (Å²) in [5, 5.41) is 4.50. The van der Waals surface area contributed by atoms with E-state index in [0.717, 1.165) is 69.2 Å². The zero-order valence-corrected chi connectivity index (χ0v) is 29.7. The van der Waals surface area contributed by atoms with Gasteiger partial charge in [-0.1, -0.05) is 42.8 Å². The van der Waals surface area contributed by atoms with Crippen molar-refractivity contribution >= 4 is 17.7 Å². The Bertz CT molecular complexity index is 1510. The molecule has 5 unspecified atom stereocenters. The molecule has 3 fully saturated rings. The van der Waals surface area contributed by atoms with Crippen molar-refractivity contribution in [3.05, 3.63) is 59.2 Å². The van der Waals surface area contributed by atoms with E-state index in [2.05, 4.69) is 25.1 Å². The first-order valence-electron chi connectivity index (χ1n) is 18.0. The SMILES string of the molecule is CC(=O)OC[C@H]1OC(OC2CC[C@@]3(C)C(=CCC4C3CC[C@@]3(C)C4CC[C@@H]3/C(C)=N/OCc3ccc(C(F)(F)F)cc3)C2)C=C[C@@H]1OC(C)=O. The fourth-order valence-electron chi connectivity index (χ4n) is 10.0. The minimum absolute atomic E-state index is 0.00803. The van der Waals surface area contributed by atoms with Crippen LogP contribution in [0.15, 0.2) is 53.2 Å². The third-order valence-corrected chi connectivity index (χ3v) is 12.5. The number of benzene rings is 1. The molecule has 1 aromatic carbocycles. The number of carbonyl (C=O) groups is 2. The van der Waals surface area contributed by atoms with Gasteiger partial charge in [0.25, 0.3) is 0 Å². The average molecular weight is 702 g/mol. The molecule has 274 valence electrons. The van der Waals surface area contributed by atoms with Gasteiger partial charge in [0, 0.05) is 19.8 Å². The van der Waals surface area contributed by atoms with Crippen molar-refractivity contribution in [3.63, 3.8) is 0 Å². The van der Waals surface area contributed by atoms with Crippen molar-refractivity contribution in [2.45, 2.75) is 123 Å². The van der Waals surface area contributed by atoms with Gasteiger partial charge in [-0.3, -0.25) is 9.59 Å². The molecule has 5 aliphatic rings. The molecule has 0 bridgehead atoms. The molecule has 0 spiro atoms. The molecule has 6 rings (SSSR count). The first-order valence-corrected chi connectivity index (χ1v) is 18.0. The Morgan fingerprint density at radius 2 is 1.72 bits per heavy atom. The smallest absolute Gasteiger partial charge is 0.416 e. The van der Waals surface area contributed by atoms with Crippen LogP contribution in [0.3, 0.4) is 0 Å². The van der Waals surface area contributed by atoms with Gasteiger partial charge in [-0.15, -0.1) is 0 Å². The second kappa shape index (κ2) is 14.4. The Morgan fingerprint density at radius 3 is 2.42 bits per heavy atom. The zero-order chi connectivity index (χ0) is 35.8. The summed E-state index contributed by atoms with van der Waals surface area (Å²) in [7, 11) is 0. The first kappa shape index (κ1) is 36.6. The highest BCUT2D eigenvalue weighted by atomic mass is 19.4. The van der Waals surface area contributed by atoms with Crippen LogP contribution >= 0.6 is 0 Å². The van der Waals surface area contributed by atoms with Crippen molar-refractivity contribution in [3.8, 4) is 0 Å². The van der Waals surface area contributed by atoms with E-state index in [0.29, 0.717) is 29.2 Å². The van der Waals surface area contributed by atoms with Crippen LogP contribution in [0.25, 0.3) is 0 Å². The molecule has 8 nitrogen and oxygen atoms in total. The van der Waals surface area contributed by atoms with E-state index in [9.17, 15) is 22.8 Å². The Kier molecular flexibility index (Phi) is 10.6. The van der Waals surface area contributed by atoms with Gasteiger partial charge in [0.05, 0.1) is 17.4 Å². The first-order chi connectivity index (χ1) is 23.7. The van der Waals surface area contributed by atoms with E-state index >= 15 is 0 Å². The lowest BCUT2D eigenvalue weighted by molar-refractivity contribution is -0.213. The van der Waals surface area contributed by atoms with Crippen molar-refractivity contribution in [2.75, 3.05) is 6.61 Å². The number of fused-ring (bicyclic) bond motifs is 5. The van der Waals surface area contributed by atoms with Gasteiger partial charge in [-0.2, -0.15) is 13.2 Å². The summed E-state index contributed by atoms with van der Waals surface area (Å²) >= 11 is 0. The van der Waals surface area contributed by atoms with Gasteiger partial charge in [0.1, 0.15) is 25.4 Å². The maximum Gasteiger partial charge on any atom is 0.416 e. The number of rotatable bonds is 9. The number of oxime groups is 1. The fraction of sp³-hybridized carbons (Fsp3) is 0.667. The molecule has 3 saturated carbocycles. The monoisotopic (exact) mass is 701 g/mol. The lowest BCUT2D eigenvalue weighted by Gasteiger charge is -2.58. The number of ether oxygens (including phenoxy) is 4. The van der Waals surface area contributed by atoms with E-state index in [4.69, 9.17) is 23.8 Å². The van der Waals surface area contributed by atoms with E-state index in [1.54, 1.807) is 12.2 Å². The molecular formula is C39H50F3NO7. The number of alkyl halides is 3. The Labute approximate surface area is 292 Å². The van der Waals surface area contributed by atoms with Crippen LogP contribution in [0, 0.1) is 34.5 Å². The molecule has 10 atom stereocenters. The van der Waals surface area contributed by atoms with Crippen LogP contribution in [0.2, 0.25) is 0 Å². The van der Waals surface area contributed by atoms with E-state index in [-0.39, 0.29) is 30.1 Å². The highest BCUT2D eigenvalue weighted by Crippen LogP contribution is 2.66. The zero-order valence-electron chi connectivity index (χ0n) is 29.7. The highest BCUT2D eigenvalue weighted by molar-refractivity contribution is 5.85. The average Bonchev–Trinajstić information content (AvgIpc) is 3.42. The van der Waals surface area contributed by atoms with Crippen molar-refractivity contribution in [1.29, 1.82) is 0 Å². The molecule has 0 radical (unpaired) electrons. The minimum Gasteiger partial charge on any atom is -0.463 e. The van der Waals surface area contributed by atoms with Crippen molar-refractivity contribution in [1.82, 2.24) is 0 Å². The number of halogens is 3. The lowest BCUT2D eigenvalue weighted by atomic mass is 9.47. The van der Waals surface area contributed by atoms with Crippen molar-refractivity contribution < 1.29 is 46.5 Å². The Balaban J connectivity index is 1.06. The Hall–Kier alpha value is -3.18. The largest absolute Gasteiger partial charge is 0.463 e. The normalized spacial score (nSPS) is 36.8.